The molecule has 7 nitrogen and oxygen atoms in total. The van der Waals surface area contributed by atoms with Crippen molar-refractivity contribution in [2.45, 2.75) is 33.2 Å². The number of piperidine rings is 1. The van der Waals surface area contributed by atoms with Crippen molar-refractivity contribution < 1.29 is 14.3 Å². The number of rotatable bonds is 8. The molecule has 0 bridgehead atoms. The van der Waals surface area contributed by atoms with E-state index in [-0.39, 0.29) is 5.91 Å². The van der Waals surface area contributed by atoms with Crippen molar-refractivity contribution >= 4 is 29.0 Å². The van der Waals surface area contributed by atoms with Gasteiger partial charge in [-0.3, -0.25) is 4.79 Å². The van der Waals surface area contributed by atoms with Crippen molar-refractivity contribution in [1.82, 2.24) is 5.32 Å². The number of hydrogen-bond acceptors (Lipinski definition) is 4. The van der Waals surface area contributed by atoms with E-state index < -0.39 is 6.03 Å². The summed E-state index contributed by atoms with van der Waals surface area (Å²) in [6, 6.07) is 22.2. The Kier molecular flexibility index (Phi) is 8.44. The van der Waals surface area contributed by atoms with Gasteiger partial charge in [-0.1, -0.05) is 49.4 Å². The Morgan fingerprint density at radius 1 is 0.944 bits per heavy atom. The molecule has 0 unspecified atom stereocenters. The molecule has 1 saturated heterocycles. The zero-order chi connectivity index (χ0) is 25.3. The van der Waals surface area contributed by atoms with Crippen LogP contribution in [0.3, 0.4) is 0 Å². The molecule has 0 spiro atoms. The molecule has 4 rings (SSSR count). The topological polar surface area (TPSA) is 82.7 Å². The highest BCUT2D eigenvalue weighted by molar-refractivity contribution is 6.04. The molecule has 3 amide bonds. The average Bonchev–Trinajstić information content (AvgIpc) is 2.90. The highest BCUT2D eigenvalue weighted by Gasteiger charge is 2.22. The lowest BCUT2D eigenvalue weighted by Gasteiger charge is -2.33. The summed E-state index contributed by atoms with van der Waals surface area (Å²) in [6.07, 6.45) is 2.18. The second-order valence-electron chi connectivity index (χ2n) is 9.08. The van der Waals surface area contributed by atoms with Crippen LogP contribution in [0.4, 0.5) is 21.9 Å². The summed E-state index contributed by atoms with van der Waals surface area (Å²) < 4.78 is 5.59. The van der Waals surface area contributed by atoms with E-state index in [9.17, 15) is 9.59 Å². The van der Waals surface area contributed by atoms with Crippen molar-refractivity contribution in [3.63, 3.8) is 0 Å². The van der Waals surface area contributed by atoms with Gasteiger partial charge in [-0.2, -0.15) is 0 Å². The molecule has 3 aromatic rings. The molecule has 0 aromatic heterocycles. The second kappa shape index (κ2) is 12.1. The van der Waals surface area contributed by atoms with Crippen molar-refractivity contribution in [1.29, 1.82) is 0 Å². The molecule has 0 radical (unpaired) electrons. The van der Waals surface area contributed by atoms with Gasteiger partial charge in [-0.25, -0.2) is 4.79 Å². The maximum Gasteiger partial charge on any atom is 0.323 e. The highest BCUT2D eigenvalue weighted by atomic mass is 16.5. The van der Waals surface area contributed by atoms with Crippen LogP contribution in [0.25, 0.3) is 0 Å². The predicted octanol–water partition coefficient (Wildman–Crippen LogP) is 5.90. The standard InChI is InChI=1S/C29H34N4O3/c1-3-36-27-12-8-7-11-25(27)32-29(35)31-23-13-14-26(33-17-15-21(2)16-18-33)24(19-23)28(34)30-20-22-9-5-4-6-10-22/h4-14,19,21H,3,15-18,20H2,1-2H3,(H,30,34)(H2,31,32,35). The molecule has 188 valence electrons. The van der Waals surface area contributed by atoms with E-state index in [4.69, 9.17) is 4.74 Å². The molecular weight excluding hydrogens is 452 g/mol. The van der Waals surface area contributed by atoms with Gasteiger partial charge in [-0.15, -0.1) is 0 Å². The minimum Gasteiger partial charge on any atom is -0.492 e. The Bertz CT molecular complexity index is 1170. The normalized spacial score (nSPS) is 13.7. The number of para-hydroxylation sites is 2. The molecule has 1 aliphatic rings. The number of ether oxygens (including phenoxy) is 1. The molecule has 0 aliphatic carbocycles. The number of carbonyl (C=O) groups excluding carboxylic acids is 2. The van der Waals surface area contributed by atoms with Gasteiger partial charge in [0.15, 0.2) is 0 Å². The molecule has 7 heteroatoms. The van der Waals surface area contributed by atoms with Gasteiger partial charge >= 0.3 is 6.03 Å². The lowest BCUT2D eigenvalue weighted by atomic mass is 9.97. The van der Waals surface area contributed by atoms with Crippen LogP contribution in [-0.4, -0.2) is 31.6 Å². The number of nitrogens with zero attached hydrogens (tertiary/aromatic N) is 1. The third kappa shape index (κ3) is 6.56. The van der Waals surface area contributed by atoms with Crippen LogP contribution in [0.5, 0.6) is 5.75 Å². The minimum absolute atomic E-state index is 0.168. The van der Waals surface area contributed by atoms with E-state index in [1.54, 1.807) is 12.1 Å². The molecular formula is C29H34N4O3. The smallest absolute Gasteiger partial charge is 0.323 e. The van der Waals surface area contributed by atoms with Gasteiger partial charge in [0.25, 0.3) is 5.91 Å². The summed E-state index contributed by atoms with van der Waals surface area (Å²) in [5.74, 6) is 1.12. The van der Waals surface area contributed by atoms with Gasteiger partial charge in [0.05, 0.1) is 17.9 Å². The number of anilines is 3. The van der Waals surface area contributed by atoms with Gasteiger partial charge in [0.2, 0.25) is 0 Å². The first-order valence-corrected chi connectivity index (χ1v) is 12.5. The fourth-order valence-electron chi connectivity index (χ4n) is 4.33. The van der Waals surface area contributed by atoms with Gasteiger partial charge in [0.1, 0.15) is 5.75 Å². The third-order valence-corrected chi connectivity index (χ3v) is 6.35. The first-order valence-electron chi connectivity index (χ1n) is 12.5. The highest BCUT2D eigenvalue weighted by Crippen LogP contribution is 2.29. The number of carbonyl (C=O) groups is 2. The lowest BCUT2D eigenvalue weighted by molar-refractivity contribution is 0.0951. The Hall–Kier alpha value is -4.00. The summed E-state index contributed by atoms with van der Waals surface area (Å²) >= 11 is 0. The summed E-state index contributed by atoms with van der Waals surface area (Å²) in [4.78, 5) is 28.3. The van der Waals surface area contributed by atoms with E-state index in [2.05, 4.69) is 27.8 Å². The molecule has 36 heavy (non-hydrogen) atoms. The average molecular weight is 487 g/mol. The zero-order valence-electron chi connectivity index (χ0n) is 20.9. The fraction of sp³-hybridized carbons (Fsp3) is 0.310. The van der Waals surface area contributed by atoms with Crippen LogP contribution < -0.4 is 25.6 Å². The largest absolute Gasteiger partial charge is 0.492 e. The quantitative estimate of drug-likeness (QED) is 0.370. The van der Waals surface area contributed by atoms with E-state index in [1.807, 2.05) is 67.6 Å². The molecule has 1 heterocycles. The summed E-state index contributed by atoms with van der Waals surface area (Å²) in [6.45, 7) is 6.90. The number of amides is 3. The monoisotopic (exact) mass is 486 g/mol. The Morgan fingerprint density at radius 2 is 1.67 bits per heavy atom. The van der Waals surface area contributed by atoms with Crippen molar-refractivity contribution in [2.75, 3.05) is 35.2 Å². The Morgan fingerprint density at radius 3 is 2.42 bits per heavy atom. The number of nitrogens with one attached hydrogen (secondary N) is 3. The SMILES string of the molecule is CCOc1ccccc1NC(=O)Nc1ccc(N2CCC(C)CC2)c(C(=O)NCc2ccccc2)c1. The molecule has 0 saturated carbocycles. The summed E-state index contributed by atoms with van der Waals surface area (Å²) in [5, 5.41) is 8.73. The molecule has 0 atom stereocenters. The van der Waals surface area contributed by atoms with Gasteiger partial charge in [-0.05, 0) is 61.6 Å². The second-order valence-corrected chi connectivity index (χ2v) is 9.08. The maximum atomic E-state index is 13.3. The maximum absolute atomic E-state index is 13.3. The van der Waals surface area contributed by atoms with Crippen molar-refractivity contribution in [2.24, 2.45) is 5.92 Å². The Labute approximate surface area is 212 Å². The van der Waals surface area contributed by atoms with E-state index in [0.29, 0.717) is 41.8 Å². The van der Waals surface area contributed by atoms with Gasteiger partial charge in [0, 0.05) is 31.0 Å². The molecule has 1 aliphatic heterocycles. The van der Waals surface area contributed by atoms with Crippen LogP contribution in [0.2, 0.25) is 0 Å². The molecule has 3 aromatic carbocycles. The molecule has 3 N–H and O–H groups in total. The first kappa shape index (κ1) is 25.1. The zero-order valence-corrected chi connectivity index (χ0v) is 20.9. The van der Waals surface area contributed by atoms with E-state index >= 15 is 0 Å². The van der Waals surface area contributed by atoms with Crippen LogP contribution >= 0.6 is 0 Å². The molecule has 1 fully saturated rings. The predicted molar refractivity (Wildman–Crippen MR) is 145 cm³/mol. The number of urea groups is 1. The van der Waals surface area contributed by atoms with Crippen LogP contribution in [0, 0.1) is 5.92 Å². The summed E-state index contributed by atoms with van der Waals surface area (Å²) in [5.41, 5.74) is 3.59. The van der Waals surface area contributed by atoms with Crippen molar-refractivity contribution in [3.8, 4) is 5.75 Å². The Balaban J connectivity index is 1.52. The first-order chi connectivity index (χ1) is 17.5. The fourth-order valence-corrected chi connectivity index (χ4v) is 4.33. The van der Waals surface area contributed by atoms with Crippen LogP contribution in [0.15, 0.2) is 72.8 Å². The van der Waals surface area contributed by atoms with Gasteiger partial charge < -0.3 is 25.6 Å². The van der Waals surface area contributed by atoms with E-state index in [0.717, 1.165) is 37.2 Å². The van der Waals surface area contributed by atoms with Crippen molar-refractivity contribution in [3.05, 3.63) is 83.9 Å². The lowest BCUT2D eigenvalue weighted by Crippen LogP contribution is -2.35. The van der Waals surface area contributed by atoms with Crippen LogP contribution in [0.1, 0.15) is 42.6 Å². The number of hydrogen-bond donors (Lipinski definition) is 3. The number of benzene rings is 3. The minimum atomic E-state index is -0.405. The van der Waals surface area contributed by atoms with Crippen LogP contribution in [-0.2, 0) is 6.54 Å². The van der Waals surface area contributed by atoms with E-state index in [1.165, 1.54) is 0 Å². The third-order valence-electron chi connectivity index (χ3n) is 6.35. The summed E-state index contributed by atoms with van der Waals surface area (Å²) in [7, 11) is 0.